The van der Waals surface area contributed by atoms with Crippen molar-refractivity contribution in [1.82, 2.24) is 9.88 Å². The predicted molar refractivity (Wildman–Crippen MR) is 114 cm³/mol. The summed E-state index contributed by atoms with van der Waals surface area (Å²) >= 11 is 0. The highest BCUT2D eigenvalue weighted by Crippen LogP contribution is 2.29. The maximum Gasteiger partial charge on any atom is 0.340 e. The number of nitrogens with zero attached hydrogens (tertiary/aromatic N) is 1. The van der Waals surface area contributed by atoms with Gasteiger partial charge in [-0.25, -0.2) is 4.79 Å². The van der Waals surface area contributed by atoms with Crippen molar-refractivity contribution in [3.05, 3.63) is 52.8 Å². The Balaban J connectivity index is 1.63. The van der Waals surface area contributed by atoms with E-state index < -0.39 is 5.97 Å². The average Bonchev–Trinajstić information content (AvgIpc) is 2.99. The molecule has 1 fully saturated rings. The molecule has 1 aromatic heterocycles. The van der Waals surface area contributed by atoms with Gasteiger partial charge in [0.05, 0.1) is 5.56 Å². The van der Waals surface area contributed by atoms with Gasteiger partial charge in [-0.05, 0) is 57.2 Å². The van der Waals surface area contributed by atoms with Gasteiger partial charge >= 0.3 is 5.97 Å². The van der Waals surface area contributed by atoms with Crippen LogP contribution in [0.25, 0.3) is 5.69 Å². The van der Waals surface area contributed by atoms with Crippen LogP contribution in [-0.2, 0) is 9.53 Å². The average molecular weight is 397 g/mol. The van der Waals surface area contributed by atoms with Crippen molar-refractivity contribution >= 4 is 11.9 Å². The van der Waals surface area contributed by atoms with Crippen molar-refractivity contribution < 1.29 is 14.3 Å². The third-order valence-electron chi connectivity index (χ3n) is 6.33. The Bertz CT molecular complexity index is 882. The van der Waals surface area contributed by atoms with E-state index in [4.69, 9.17) is 4.74 Å². The van der Waals surface area contributed by atoms with Gasteiger partial charge in [0.1, 0.15) is 0 Å². The highest BCUT2D eigenvalue weighted by Gasteiger charge is 2.28. The van der Waals surface area contributed by atoms with Crippen molar-refractivity contribution in [1.29, 1.82) is 0 Å². The van der Waals surface area contributed by atoms with Gasteiger partial charge in [-0.2, -0.15) is 0 Å². The molecule has 0 aliphatic heterocycles. The number of carbonyl (C=O) groups is 2. The number of hydrogen-bond acceptors (Lipinski definition) is 3. The lowest BCUT2D eigenvalue weighted by atomic mass is 9.78. The van der Waals surface area contributed by atoms with E-state index in [0.29, 0.717) is 17.4 Å². The molecule has 1 saturated carbocycles. The summed E-state index contributed by atoms with van der Waals surface area (Å²) in [7, 11) is 0. The van der Waals surface area contributed by atoms with E-state index in [1.54, 1.807) is 0 Å². The molecule has 1 aliphatic rings. The largest absolute Gasteiger partial charge is 0.452 e. The molecule has 5 nitrogen and oxygen atoms in total. The number of aromatic nitrogens is 1. The molecular weight excluding hydrogens is 364 g/mol. The lowest BCUT2D eigenvalue weighted by molar-refractivity contribution is -0.125. The molecule has 1 aliphatic carbocycles. The zero-order chi connectivity index (χ0) is 21.1. The van der Waals surface area contributed by atoms with Crippen LogP contribution < -0.4 is 5.32 Å². The van der Waals surface area contributed by atoms with Gasteiger partial charge in [-0.3, -0.25) is 4.79 Å². The number of ether oxygens (including phenoxy) is 1. The van der Waals surface area contributed by atoms with Crippen LogP contribution in [0.4, 0.5) is 0 Å². The summed E-state index contributed by atoms with van der Waals surface area (Å²) in [6, 6.07) is 10.1. The molecule has 29 heavy (non-hydrogen) atoms. The van der Waals surface area contributed by atoms with Crippen molar-refractivity contribution in [3.63, 3.8) is 0 Å². The Kier molecular flexibility index (Phi) is 6.46. The second kappa shape index (κ2) is 8.85. The van der Waals surface area contributed by atoms with Crippen LogP contribution in [0, 0.1) is 32.6 Å². The molecule has 3 atom stereocenters. The Morgan fingerprint density at radius 3 is 2.48 bits per heavy atom. The minimum absolute atomic E-state index is 0.163. The fraction of sp³-hybridized carbons (Fsp3) is 0.500. The van der Waals surface area contributed by atoms with E-state index in [9.17, 15) is 9.59 Å². The standard InChI is InChI=1S/C24H32N2O3/c1-15-9-11-20(12-10-15)26-17(3)13-21(19(26)5)24(28)29-14-23(27)25-22-8-6-7-16(2)18(22)4/h9-13,16,18,22H,6-8,14H2,1-5H3,(H,25,27)/t16-,18-,22+/m0/s1. The minimum atomic E-state index is -0.461. The first kappa shape index (κ1) is 21.2. The monoisotopic (exact) mass is 396 g/mol. The third kappa shape index (κ3) is 4.72. The van der Waals surface area contributed by atoms with Gasteiger partial charge in [0, 0.05) is 23.1 Å². The Hall–Kier alpha value is -2.56. The van der Waals surface area contributed by atoms with Gasteiger partial charge in [0.25, 0.3) is 5.91 Å². The molecule has 1 heterocycles. The summed E-state index contributed by atoms with van der Waals surface area (Å²) in [4.78, 5) is 24.9. The SMILES string of the molecule is Cc1ccc(-n2c(C)cc(C(=O)OCC(=O)N[C@@H]3CCC[C@H](C)[C@@H]3C)c2C)cc1. The molecule has 0 saturated heterocycles. The number of amides is 1. The van der Waals surface area contributed by atoms with Crippen molar-refractivity contribution in [2.24, 2.45) is 11.8 Å². The Labute approximate surface area is 173 Å². The second-order valence-electron chi connectivity index (χ2n) is 8.47. The molecule has 2 aromatic rings. The molecule has 0 radical (unpaired) electrons. The molecule has 156 valence electrons. The smallest absolute Gasteiger partial charge is 0.340 e. The van der Waals surface area contributed by atoms with Crippen molar-refractivity contribution in [2.45, 2.75) is 59.9 Å². The molecule has 0 unspecified atom stereocenters. The quantitative estimate of drug-likeness (QED) is 0.757. The summed E-state index contributed by atoms with van der Waals surface area (Å²) < 4.78 is 7.36. The van der Waals surface area contributed by atoms with E-state index in [1.807, 2.05) is 55.7 Å². The summed E-state index contributed by atoms with van der Waals surface area (Å²) in [6.45, 7) is 10.1. The number of aryl methyl sites for hydroxylation is 2. The summed E-state index contributed by atoms with van der Waals surface area (Å²) in [6.07, 6.45) is 3.32. The van der Waals surface area contributed by atoms with Gasteiger partial charge < -0.3 is 14.6 Å². The van der Waals surface area contributed by atoms with E-state index in [2.05, 4.69) is 19.2 Å². The summed E-state index contributed by atoms with van der Waals surface area (Å²) in [5, 5.41) is 3.05. The topological polar surface area (TPSA) is 60.3 Å². The lowest BCUT2D eigenvalue weighted by Gasteiger charge is -2.34. The maximum atomic E-state index is 12.6. The van der Waals surface area contributed by atoms with Crippen LogP contribution >= 0.6 is 0 Å². The van der Waals surface area contributed by atoms with Gasteiger partial charge in [-0.1, -0.05) is 44.4 Å². The van der Waals surface area contributed by atoms with E-state index >= 15 is 0 Å². The van der Waals surface area contributed by atoms with Crippen LogP contribution in [-0.4, -0.2) is 29.1 Å². The van der Waals surface area contributed by atoms with E-state index in [0.717, 1.165) is 29.9 Å². The van der Waals surface area contributed by atoms with Gasteiger partial charge in [0.2, 0.25) is 0 Å². The second-order valence-corrected chi connectivity index (χ2v) is 8.47. The Morgan fingerprint density at radius 1 is 1.10 bits per heavy atom. The minimum Gasteiger partial charge on any atom is -0.452 e. The first-order valence-corrected chi connectivity index (χ1v) is 10.5. The zero-order valence-electron chi connectivity index (χ0n) is 18.1. The number of hydrogen-bond donors (Lipinski definition) is 1. The third-order valence-corrected chi connectivity index (χ3v) is 6.33. The highest BCUT2D eigenvalue weighted by atomic mass is 16.5. The molecular formula is C24H32N2O3. The Morgan fingerprint density at radius 2 is 1.79 bits per heavy atom. The molecule has 0 bridgehead atoms. The van der Waals surface area contributed by atoms with Crippen LogP contribution in [0.15, 0.2) is 30.3 Å². The normalized spacial score (nSPS) is 21.6. The van der Waals surface area contributed by atoms with Gasteiger partial charge in [0.15, 0.2) is 6.61 Å². The predicted octanol–water partition coefficient (Wildman–Crippen LogP) is 4.50. The number of rotatable bonds is 5. The number of carbonyl (C=O) groups excluding carboxylic acids is 2. The van der Waals surface area contributed by atoms with E-state index in [-0.39, 0.29) is 18.6 Å². The summed E-state index contributed by atoms with van der Waals surface area (Å²) in [5.74, 6) is 0.355. The van der Waals surface area contributed by atoms with Crippen LogP contribution in [0.3, 0.4) is 0 Å². The number of nitrogens with one attached hydrogen (secondary N) is 1. The highest BCUT2D eigenvalue weighted by molar-refractivity contribution is 5.93. The number of benzene rings is 1. The van der Waals surface area contributed by atoms with Crippen LogP contribution in [0.1, 0.15) is 60.4 Å². The van der Waals surface area contributed by atoms with Crippen LogP contribution in [0.5, 0.6) is 0 Å². The molecule has 0 spiro atoms. The molecule has 1 amide bonds. The van der Waals surface area contributed by atoms with E-state index in [1.165, 1.54) is 12.0 Å². The summed E-state index contributed by atoms with van der Waals surface area (Å²) in [5.41, 5.74) is 4.45. The van der Waals surface area contributed by atoms with Crippen molar-refractivity contribution in [3.8, 4) is 5.69 Å². The fourth-order valence-corrected chi connectivity index (χ4v) is 4.30. The van der Waals surface area contributed by atoms with Crippen molar-refractivity contribution in [2.75, 3.05) is 6.61 Å². The first-order chi connectivity index (χ1) is 13.8. The fourth-order valence-electron chi connectivity index (χ4n) is 4.30. The molecule has 5 heteroatoms. The zero-order valence-corrected chi connectivity index (χ0v) is 18.1. The lowest BCUT2D eigenvalue weighted by Crippen LogP contribution is -2.45. The van der Waals surface area contributed by atoms with Gasteiger partial charge in [-0.15, -0.1) is 0 Å². The van der Waals surface area contributed by atoms with Crippen LogP contribution in [0.2, 0.25) is 0 Å². The molecule has 3 rings (SSSR count). The molecule has 1 aromatic carbocycles. The number of esters is 1. The molecule has 1 N–H and O–H groups in total. The first-order valence-electron chi connectivity index (χ1n) is 10.5. The maximum absolute atomic E-state index is 12.6.